The molecule has 0 spiro atoms. The first-order valence-electron chi connectivity index (χ1n) is 4.07. The Morgan fingerprint density at radius 1 is 1.18 bits per heavy atom. The zero-order valence-corrected chi connectivity index (χ0v) is 9.71. The van der Waals surface area contributed by atoms with Crippen LogP contribution in [0.2, 0.25) is 0 Å². The van der Waals surface area contributed by atoms with Crippen LogP contribution in [0.15, 0.2) is 25.3 Å². The largest absolute Gasteiger partial charge is 0.478 e. The number of carboxylic acid groups (broad SMARTS) is 1. The molecule has 0 aliphatic rings. The highest BCUT2D eigenvalue weighted by Crippen LogP contribution is 2.35. The summed E-state index contributed by atoms with van der Waals surface area (Å²) in [6, 6.07) is 0. The maximum Gasteiger partial charge on any atom is 0.469 e. The molecule has 0 bridgehead atoms. The van der Waals surface area contributed by atoms with Gasteiger partial charge in [-0.1, -0.05) is 13.2 Å². The Hall–Kier alpha value is -1.47. The summed E-state index contributed by atoms with van der Waals surface area (Å²) in [7, 11) is -4.45. The summed E-state index contributed by atoms with van der Waals surface area (Å²) in [5.74, 6) is -1.64. The number of esters is 1. The monoisotopic (exact) mass is 268 g/mol. The van der Waals surface area contributed by atoms with Gasteiger partial charge in [0.25, 0.3) is 0 Å². The molecular formula is C8H13O8P. The van der Waals surface area contributed by atoms with Gasteiger partial charge in [-0.05, 0) is 0 Å². The molecule has 0 rings (SSSR count). The summed E-state index contributed by atoms with van der Waals surface area (Å²) >= 11 is 0. The molecule has 98 valence electrons. The van der Waals surface area contributed by atoms with Crippen molar-refractivity contribution in [2.24, 2.45) is 0 Å². The summed E-state index contributed by atoms with van der Waals surface area (Å²) < 4.78 is 18.4. The first-order valence-corrected chi connectivity index (χ1v) is 5.60. The van der Waals surface area contributed by atoms with Gasteiger partial charge >= 0.3 is 19.8 Å². The number of aliphatic carboxylic acids is 1. The van der Waals surface area contributed by atoms with Crippen LogP contribution in [-0.4, -0.2) is 40.0 Å². The van der Waals surface area contributed by atoms with E-state index in [4.69, 9.17) is 14.9 Å². The second-order valence-electron chi connectivity index (χ2n) is 2.24. The first kappa shape index (κ1) is 17.9. The van der Waals surface area contributed by atoms with Crippen LogP contribution < -0.4 is 0 Å². The van der Waals surface area contributed by atoms with Crippen molar-refractivity contribution >= 4 is 19.8 Å². The van der Waals surface area contributed by atoms with Gasteiger partial charge in [-0.3, -0.25) is 4.52 Å². The van der Waals surface area contributed by atoms with Crippen LogP contribution in [0.3, 0.4) is 0 Å². The van der Waals surface area contributed by atoms with E-state index in [-0.39, 0.29) is 13.2 Å². The van der Waals surface area contributed by atoms with Crippen LogP contribution >= 0.6 is 7.82 Å². The van der Waals surface area contributed by atoms with Crippen molar-refractivity contribution in [1.82, 2.24) is 0 Å². The second kappa shape index (κ2) is 9.73. The van der Waals surface area contributed by atoms with Crippen molar-refractivity contribution in [3.05, 3.63) is 25.3 Å². The first-order chi connectivity index (χ1) is 7.72. The van der Waals surface area contributed by atoms with Crippen molar-refractivity contribution in [3.8, 4) is 0 Å². The molecule has 0 aromatic heterocycles. The fourth-order valence-electron chi connectivity index (χ4n) is 0.357. The van der Waals surface area contributed by atoms with Gasteiger partial charge in [0.05, 0.1) is 6.61 Å². The lowest BCUT2D eigenvalue weighted by atomic mass is 10.6. The Labute approximate surface area is 97.4 Å². The third-order valence-corrected chi connectivity index (χ3v) is 1.45. The molecule has 0 aromatic rings. The molecule has 0 atom stereocenters. The predicted octanol–water partition coefficient (Wildman–Crippen LogP) is 0.0819. The predicted molar refractivity (Wildman–Crippen MR) is 57.0 cm³/mol. The van der Waals surface area contributed by atoms with Crippen LogP contribution in [0.5, 0.6) is 0 Å². The number of carbonyl (C=O) groups excluding carboxylic acids is 1. The van der Waals surface area contributed by atoms with Gasteiger partial charge < -0.3 is 19.6 Å². The van der Waals surface area contributed by atoms with Gasteiger partial charge in [0.15, 0.2) is 0 Å². The van der Waals surface area contributed by atoms with Crippen molar-refractivity contribution in [2.75, 3.05) is 13.2 Å². The number of hydrogen-bond acceptors (Lipinski definition) is 5. The number of carbonyl (C=O) groups is 2. The van der Waals surface area contributed by atoms with E-state index < -0.39 is 19.8 Å². The Morgan fingerprint density at radius 2 is 1.65 bits per heavy atom. The quantitative estimate of drug-likeness (QED) is 0.267. The van der Waals surface area contributed by atoms with E-state index in [1.807, 2.05) is 0 Å². The third kappa shape index (κ3) is 20.6. The molecule has 0 amide bonds. The SMILES string of the molecule is C=CC(=O)O.C=CC(=O)OCCOP(=O)(O)O. The molecule has 9 heteroatoms. The minimum absolute atomic E-state index is 0.212. The topological polar surface area (TPSA) is 130 Å². The summed E-state index contributed by atoms with van der Waals surface area (Å²) in [5.41, 5.74) is 0. The van der Waals surface area contributed by atoms with Gasteiger partial charge in [-0.15, -0.1) is 0 Å². The fraction of sp³-hybridized carbons (Fsp3) is 0.250. The highest BCUT2D eigenvalue weighted by molar-refractivity contribution is 7.46. The number of rotatable bonds is 6. The standard InChI is InChI=1S/C5H9O6P.C3H4O2/c1-2-5(6)10-3-4-11-12(7,8)9;1-2-3(4)5/h2H,1,3-4H2,(H2,7,8,9);2H,1H2,(H,4,5). The zero-order valence-electron chi connectivity index (χ0n) is 8.81. The molecule has 0 aliphatic carbocycles. The van der Waals surface area contributed by atoms with Gasteiger partial charge in [0.2, 0.25) is 0 Å². The normalized spacial score (nSPS) is 9.53. The Bertz CT molecular complexity index is 317. The third-order valence-electron chi connectivity index (χ3n) is 0.928. The van der Waals surface area contributed by atoms with Crippen LogP contribution in [0.4, 0.5) is 0 Å². The molecule has 0 aromatic carbocycles. The summed E-state index contributed by atoms with van der Waals surface area (Å²) in [5, 5.41) is 7.60. The van der Waals surface area contributed by atoms with Crippen molar-refractivity contribution in [1.29, 1.82) is 0 Å². The number of phosphoric acid groups is 1. The van der Waals surface area contributed by atoms with Gasteiger partial charge in [-0.25, -0.2) is 14.2 Å². The molecule has 0 saturated heterocycles. The molecule has 0 heterocycles. The van der Waals surface area contributed by atoms with E-state index in [2.05, 4.69) is 22.4 Å². The van der Waals surface area contributed by atoms with Crippen molar-refractivity contribution < 1.29 is 38.3 Å². The van der Waals surface area contributed by atoms with Crippen LogP contribution in [0.1, 0.15) is 0 Å². The van der Waals surface area contributed by atoms with E-state index in [0.717, 1.165) is 12.2 Å². The molecule has 0 unspecified atom stereocenters. The Kier molecular flexibility index (Phi) is 10.3. The highest BCUT2D eigenvalue weighted by atomic mass is 31.2. The van der Waals surface area contributed by atoms with Gasteiger partial charge in [0.1, 0.15) is 6.61 Å². The van der Waals surface area contributed by atoms with Crippen LogP contribution in [0, 0.1) is 0 Å². The van der Waals surface area contributed by atoms with Crippen LogP contribution in [-0.2, 0) is 23.4 Å². The smallest absolute Gasteiger partial charge is 0.469 e. The van der Waals surface area contributed by atoms with Gasteiger partial charge in [-0.2, -0.15) is 0 Å². The summed E-state index contributed by atoms with van der Waals surface area (Å²) in [6.07, 6.45) is 1.78. The van der Waals surface area contributed by atoms with E-state index >= 15 is 0 Å². The maximum absolute atomic E-state index is 10.3. The molecule has 8 nitrogen and oxygen atoms in total. The number of phosphoric ester groups is 1. The highest BCUT2D eigenvalue weighted by Gasteiger charge is 2.12. The molecule has 0 saturated carbocycles. The van der Waals surface area contributed by atoms with Crippen molar-refractivity contribution in [2.45, 2.75) is 0 Å². The summed E-state index contributed by atoms with van der Waals surface area (Å²) in [4.78, 5) is 35.9. The fourth-order valence-corrected chi connectivity index (χ4v) is 0.670. The van der Waals surface area contributed by atoms with Crippen LogP contribution in [0.25, 0.3) is 0 Å². The number of ether oxygens (including phenoxy) is 1. The van der Waals surface area contributed by atoms with Gasteiger partial charge in [0, 0.05) is 12.2 Å². The lowest BCUT2D eigenvalue weighted by Crippen LogP contribution is -2.07. The molecule has 0 fully saturated rings. The Balaban J connectivity index is 0. The van der Waals surface area contributed by atoms with Crippen molar-refractivity contribution in [3.63, 3.8) is 0 Å². The van der Waals surface area contributed by atoms with E-state index in [1.54, 1.807) is 0 Å². The minimum Gasteiger partial charge on any atom is -0.478 e. The molecule has 17 heavy (non-hydrogen) atoms. The molecular weight excluding hydrogens is 255 g/mol. The lowest BCUT2D eigenvalue weighted by molar-refractivity contribution is -0.138. The summed E-state index contributed by atoms with van der Waals surface area (Å²) in [6.45, 7) is 5.52. The van der Waals surface area contributed by atoms with E-state index in [1.165, 1.54) is 0 Å². The lowest BCUT2D eigenvalue weighted by Gasteiger charge is -2.04. The molecule has 3 N–H and O–H groups in total. The minimum atomic E-state index is -4.45. The van der Waals surface area contributed by atoms with E-state index in [0.29, 0.717) is 0 Å². The van der Waals surface area contributed by atoms with E-state index in [9.17, 15) is 14.2 Å². The number of carboxylic acids is 1. The maximum atomic E-state index is 10.3. The average Bonchev–Trinajstić information content (AvgIpc) is 2.23. The molecule has 0 radical (unpaired) electrons. The average molecular weight is 268 g/mol. The Morgan fingerprint density at radius 3 is 1.94 bits per heavy atom. The number of hydrogen-bond donors (Lipinski definition) is 3. The second-order valence-corrected chi connectivity index (χ2v) is 3.48. The zero-order chi connectivity index (χ0) is 13.9. The molecule has 0 aliphatic heterocycles.